The normalized spacial score (nSPS) is 13.1. The van der Waals surface area contributed by atoms with Crippen molar-refractivity contribution in [2.75, 3.05) is 177 Å². The summed E-state index contributed by atoms with van der Waals surface area (Å²) in [5.74, 6) is 1.80. The molecule has 33 heteroatoms. The minimum Gasteiger partial charge on any atom is -0.383 e. The van der Waals surface area contributed by atoms with Crippen LogP contribution in [0, 0.1) is 38.4 Å². The summed E-state index contributed by atoms with van der Waals surface area (Å²) < 4.78 is 33.6. The second-order valence-corrected chi connectivity index (χ2v) is 13.5. The Balaban J connectivity index is -0.000000236. The zero-order chi connectivity index (χ0) is 54.7. The number of aliphatic imine (C=N–C) groups is 5. The molecule has 0 spiro atoms. The summed E-state index contributed by atoms with van der Waals surface area (Å²) in [4.78, 5) is 35.8. The van der Waals surface area contributed by atoms with Gasteiger partial charge in [0.05, 0.1) is 91.2 Å². The molecule has 0 saturated carbocycles. The molecular weight excluding hydrogens is 925 g/mol. The summed E-state index contributed by atoms with van der Waals surface area (Å²) in [7, 11) is 20.8. The van der Waals surface area contributed by atoms with Crippen LogP contribution in [0.1, 0.15) is 0 Å². The maximum Gasteiger partial charge on any atom is 0.266 e. The van der Waals surface area contributed by atoms with Crippen LogP contribution in [0.5, 0.6) is 0 Å². The molecule has 0 bridgehead atoms. The zero-order valence-corrected chi connectivity index (χ0v) is 43.1. The van der Waals surface area contributed by atoms with Crippen LogP contribution in [0.3, 0.4) is 0 Å². The molecule has 2 saturated heterocycles. The highest BCUT2D eigenvalue weighted by Crippen LogP contribution is 2.09. The molecule has 18 N–H and O–H groups in total. The number of nitriles is 2. The lowest BCUT2D eigenvalue weighted by Crippen LogP contribution is -2.53. The van der Waals surface area contributed by atoms with Gasteiger partial charge in [0, 0.05) is 98.0 Å². The van der Waals surface area contributed by atoms with E-state index in [2.05, 4.69) is 55.5 Å². The van der Waals surface area contributed by atoms with E-state index < -0.39 is 5.03 Å². The molecule has 406 valence electrons. The van der Waals surface area contributed by atoms with Crippen LogP contribution in [0.2, 0.25) is 0 Å². The van der Waals surface area contributed by atoms with Gasteiger partial charge in [-0.2, -0.15) is 10.5 Å². The summed E-state index contributed by atoms with van der Waals surface area (Å²) >= 11 is 0. The summed E-state index contributed by atoms with van der Waals surface area (Å²) in [5, 5.41) is 42.7. The molecule has 2 heterocycles. The Kier molecular flexibility index (Phi) is 52.8. The largest absolute Gasteiger partial charge is 0.383 e. The number of nitro groups is 1. The standard InChI is InChI=1S/C8H14N4O.C6H15N3O.C5H10N4O.C5H11N3O.C5H13N3O.C4H10N4O3.C4H11N3O/c1-11(2)8(10-6-9)12(3)7-4-13-5-7;1-9(2)6(7)8-4-5-10-3;1-10-3-2-8-5(7)9-4-6;1-8(5(6)7)4-2-9-3-4;1-7-5(6)8-3-4-9-2;1-11-3-2-6-4(5)7-8(9)10;1-8-3-2-7-4(5)6/h7H,4-5H2,1-3H3;4-5H2,1-3H3,(H2,7,8);2-3H2,1H3,(H3,7,8,9);4H,2-3H2,1H3,(H3,6,7);3-4H2,1-2H3,(H3,6,7,8);2-3H2,1H3,(H3,5,6,7);2-3H2,1H3,(H4,5,6,7). The highest BCUT2D eigenvalue weighted by atomic mass is 16.7. The molecule has 2 aliphatic heterocycles. The fourth-order valence-electron chi connectivity index (χ4n) is 3.57. The minimum absolute atomic E-state index is 0.113. The number of hydrogen-bond acceptors (Lipinski definition) is 17. The minimum atomic E-state index is -0.866. The highest BCUT2D eigenvalue weighted by Gasteiger charge is 2.26. The number of methoxy groups -OCH3 is 5. The van der Waals surface area contributed by atoms with E-state index in [9.17, 15) is 10.1 Å². The Morgan fingerprint density at radius 2 is 1.11 bits per heavy atom. The molecule has 0 aromatic carbocycles. The molecule has 0 aromatic heterocycles. The number of nitrogens with zero attached hydrogens (tertiary/aromatic N) is 13. The first-order valence-electron chi connectivity index (χ1n) is 20.8. The molecule has 0 radical (unpaired) electrons. The van der Waals surface area contributed by atoms with Crippen molar-refractivity contribution in [3.8, 4) is 12.4 Å². The molecule has 33 nitrogen and oxygen atoms in total. The van der Waals surface area contributed by atoms with Gasteiger partial charge in [0.15, 0.2) is 35.1 Å². The van der Waals surface area contributed by atoms with Crippen molar-refractivity contribution < 1.29 is 38.2 Å². The lowest BCUT2D eigenvalue weighted by molar-refractivity contribution is -0.485. The quantitative estimate of drug-likeness (QED) is 0.0116. The lowest BCUT2D eigenvalue weighted by Gasteiger charge is -2.37. The van der Waals surface area contributed by atoms with Crippen LogP contribution >= 0.6 is 0 Å². The number of hydrogen-bond donors (Lipinski definition) is 11. The summed E-state index contributed by atoms with van der Waals surface area (Å²) in [6.45, 7) is 8.36. The van der Waals surface area contributed by atoms with Crippen LogP contribution in [0.15, 0.2) is 30.1 Å². The van der Waals surface area contributed by atoms with Gasteiger partial charge in [0.1, 0.15) is 5.10 Å². The molecule has 0 unspecified atom stereocenters. The zero-order valence-electron chi connectivity index (χ0n) is 43.1. The van der Waals surface area contributed by atoms with Crippen LogP contribution in [-0.4, -0.2) is 256 Å². The summed E-state index contributed by atoms with van der Waals surface area (Å²) in [6.07, 6.45) is 3.44. The van der Waals surface area contributed by atoms with Gasteiger partial charge >= 0.3 is 0 Å². The predicted molar refractivity (Wildman–Crippen MR) is 271 cm³/mol. The highest BCUT2D eigenvalue weighted by molar-refractivity contribution is 5.81. The fraction of sp³-hybridized carbons (Fsp3) is 0.757. The topological polar surface area (TPSA) is 485 Å². The molecule has 0 aliphatic carbocycles. The molecular formula is C37H84N24O9. The Morgan fingerprint density at radius 3 is 1.43 bits per heavy atom. The third-order valence-corrected chi connectivity index (χ3v) is 7.62. The van der Waals surface area contributed by atoms with Crippen molar-refractivity contribution in [1.82, 2.24) is 35.6 Å². The van der Waals surface area contributed by atoms with E-state index in [1.54, 1.807) is 64.7 Å². The number of guanidine groups is 7. The number of hydrazone groups is 1. The van der Waals surface area contributed by atoms with E-state index in [0.29, 0.717) is 109 Å². The van der Waals surface area contributed by atoms with E-state index in [4.69, 9.17) is 79.8 Å². The van der Waals surface area contributed by atoms with Crippen molar-refractivity contribution in [3.05, 3.63) is 10.1 Å². The van der Waals surface area contributed by atoms with Gasteiger partial charge in [-0.15, -0.1) is 4.99 Å². The first-order valence-corrected chi connectivity index (χ1v) is 20.8. The van der Waals surface area contributed by atoms with E-state index >= 15 is 0 Å². The smallest absolute Gasteiger partial charge is 0.266 e. The fourth-order valence-corrected chi connectivity index (χ4v) is 3.57. The molecule has 0 atom stereocenters. The Hall–Kier alpha value is -7.01. The second kappa shape index (κ2) is 51.4. The molecule has 70 heavy (non-hydrogen) atoms. The van der Waals surface area contributed by atoms with E-state index in [0.717, 1.165) is 13.2 Å². The molecule has 2 fully saturated rings. The first-order chi connectivity index (χ1) is 33.1. The molecule has 2 rings (SSSR count). The molecule has 0 amide bonds. The number of ether oxygens (including phenoxy) is 7. The van der Waals surface area contributed by atoms with Crippen LogP contribution in [-0.2, 0) is 33.2 Å². The van der Waals surface area contributed by atoms with Crippen molar-refractivity contribution in [1.29, 1.82) is 15.9 Å². The van der Waals surface area contributed by atoms with Crippen molar-refractivity contribution in [3.63, 3.8) is 0 Å². The third-order valence-electron chi connectivity index (χ3n) is 7.62. The van der Waals surface area contributed by atoms with Gasteiger partial charge < -0.3 is 104 Å². The Labute approximate surface area is 412 Å². The van der Waals surface area contributed by atoms with Gasteiger partial charge in [-0.25, -0.2) is 10.1 Å². The summed E-state index contributed by atoms with van der Waals surface area (Å²) in [6, 6.07) is 0.692. The maximum atomic E-state index is 9.71. The lowest BCUT2D eigenvalue weighted by atomic mass is 10.2. The Morgan fingerprint density at radius 1 is 0.686 bits per heavy atom. The number of nitrogens with one attached hydrogen (secondary N) is 4. The van der Waals surface area contributed by atoms with Gasteiger partial charge in [0.25, 0.3) is 5.96 Å². The average Bonchev–Trinajstić information content (AvgIpc) is 3.25. The maximum absolute atomic E-state index is 9.71. The number of nitrogens with two attached hydrogens (primary N) is 7. The molecule has 2 aliphatic rings. The van der Waals surface area contributed by atoms with E-state index in [-0.39, 0.29) is 23.8 Å². The van der Waals surface area contributed by atoms with Gasteiger partial charge in [-0.1, -0.05) is 0 Å². The third kappa shape index (κ3) is 50.4. The van der Waals surface area contributed by atoms with Crippen LogP contribution in [0.4, 0.5) is 0 Å². The van der Waals surface area contributed by atoms with Crippen molar-refractivity contribution >= 4 is 41.7 Å². The second-order valence-electron chi connectivity index (χ2n) is 13.5. The number of likely N-dealkylation sites (N-methyl/N-ethyl adjacent to an activating group) is 2. The predicted octanol–water partition coefficient (Wildman–Crippen LogP) is -5.74. The van der Waals surface area contributed by atoms with Crippen molar-refractivity contribution in [2.45, 2.75) is 12.1 Å². The van der Waals surface area contributed by atoms with Gasteiger partial charge in [-0.3, -0.25) is 30.7 Å². The van der Waals surface area contributed by atoms with Crippen molar-refractivity contribution in [2.24, 2.45) is 70.2 Å². The van der Waals surface area contributed by atoms with E-state index in [1.807, 2.05) is 45.0 Å². The average molecular weight is 1010 g/mol. The van der Waals surface area contributed by atoms with E-state index in [1.165, 1.54) is 7.11 Å². The van der Waals surface area contributed by atoms with Crippen LogP contribution < -0.4 is 56.1 Å². The first kappa shape index (κ1) is 72.0. The number of rotatable bonds is 18. The van der Waals surface area contributed by atoms with Gasteiger partial charge in [-0.05, 0) is 0 Å². The summed E-state index contributed by atoms with van der Waals surface area (Å²) in [5.41, 5.74) is 36.2. The monoisotopic (exact) mass is 1010 g/mol. The SMILES string of the molecule is CN(C(=N)N)C1COC1.CN(C)C(=NC#N)N(C)C1COC1.CN=C(N)NCCOC.COCCN/C(N)=N\[N+](=O)[O-].COCCN=C(N)N.COCCN=C(N)N(C)C.COCCN=C(N)NC#N. The van der Waals surface area contributed by atoms with Crippen LogP contribution in [0.25, 0.3) is 0 Å². The van der Waals surface area contributed by atoms with Gasteiger partial charge in [0.2, 0.25) is 18.1 Å². The molecule has 0 aromatic rings. The Bertz CT molecular complexity index is 1580.